The largest absolute Gasteiger partial charge is 0.367 e. The second kappa shape index (κ2) is 6.29. The standard InChI is InChI=1S/C13H26NO/c1-4-5-6-7-8-9-10-14(2,3)11-13-12-15-13/h4,13H,1,5-12H2,2-3H3/q+1. The van der Waals surface area contributed by atoms with Gasteiger partial charge in [0.15, 0.2) is 0 Å². The van der Waals surface area contributed by atoms with E-state index >= 15 is 0 Å². The lowest BCUT2D eigenvalue weighted by Gasteiger charge is -2.29. The minimum atomic E-state index is 0.556. The van der Waals surface area contributed by atoms with E-state index in [1.54, 1.807) is 0 Å². The van der Waals surface area contributed by atoms with Gasteiger partial charge in [-0.3, -0.25) is 0 Å². The van der Waals surface area contributed by atoms with E-state index in [0.717, 1.165) is 11.1 Å². The van der Waals surface area contributed by atoms with Gasteiger partial charge < -0.3 is 9.22 Å². The normalized spacial score (nSPS) is 20.3. The Labute approximate surface area is 94.5 Å². The van der Waals surface area contributed by atoms with E-state index in [2.05, 4.69) is 20.7 Å². The predicted octanol–water partition coefficient (Wildman–Crippen LogP) is 2.60. The number of likely N-dealkylation sites (N-methyl/N-ethyl adjacent to an activating group) is 1. The molecule has 1 saturated heterocycles. The molecule has 1 aliphatic rings. The first-order chi connectivity index (χ1) is 7.14. The summed E-state index contributed by atoms with van der Waals surface area (Å²) in [5.41, 5.74) is 0. The number of allylic oxidation sites excluding steroid dienone is 1. The van der Waals surface area contributed by atoms with Crippen molar-refractivity contribution in [2.24, 2.45) is 0 Å². The molecular formula is C13H26NO+. The minimum Gasteiger partial charge on any atom is -0.367 e. The van der Waals surface area contributed by atoms with Gasteiger partial charge in [-0.25, -0.2) is 0 Å². The van der Waals surface area contributed by atoms with Crippen LogP contribution >= 0.6 is 0 Å². The summed E-state index contributed by atoms with van der Waals surface area (Å²) < 4.78 is 6.39. The minimum absolute atomic E-state index is 0.556. The number of hydrogen-bond acceptors (Lipinski definition) is 1. The van der Waals surface area contributed by atoms with Crippen molar-refractivity contribution in [3.8, 4) is 0 Å². The fourth-order valence-electron chi connectivity index (χ4n) is 2.00. The van der Waals surface area contributed by atoms with E-state index in [-0.39, 0.29) is 0 Å². The molecule has 1 atom stereocenters. The first-order valence-corrected chi connectivity index (χ1v) is 6.18. The summed E-state index contributed by atoms with van der Waals surface area (Å²) >= 11 is 0. The molecule has 88 valence electrons. The zero-order chi connectivity index (χ0) is 11.1. The molecule has 0 N–H and O–H groups in total. The summed E-state index contributed by atoms with van der Waals surface area (Å²) in [7, 11) is 4.62. The van der Waals surface area contributed by atoms with Gasteiger partial charge in [-0.05, 0) is 25.7 Å². The molecule has 0 saturated carbocycles. The molecule has 0 bridgehead atoms. The van der Waals surface area contributed by atoms with Gasteiger partial charge in [0.25, 0.3) is 0 Å². The number of quaternary nitrogens is 1. The van der Waals surface area contributed by atoms with Gasteiger partial charge in [0.1, 0.15) is 12.6 Å². The molecule has 1 unspecified atom stereocenters. The molecule has 2 nitrogen and oxygen atoms in total. The number of ether oxygens (including phenoxy) is 1. The first-order valence-electron chi connectivity index (χ1n) is 6.18. The highest BCUT2D eigenvalue weighted by atomic mass is 16.6. The lowest BCUT2D eigenvalue weighted by atomic mass is 10.1. The Morgan fingerprint density at radius 1 is 1.27 bits per heavy atom. The van der Waals surface area contributed by atoms with Crippen molar-refractivity contribution in [1.82, 2.24) is 0 Å². The van der Waals surface area contributed by atoms with Gasteiger partial charge in [-0.15, -0.1) is 6.58 Å². The molecule has 0 aromatic carbocycles. The van der Waals surface area contributed by atoms with Crippen LogP contribution in [0.2, 0.25) is 0 Å². The fraction of sp³-hybridized carbons (Fsp3) is 0.846. The van der Waals surface area contributed by atoms with E-state index < -0.39 is 0 Å². The fourth-order valence-corrected chi connectivity index (χ4v) is 2.00. The number of epoxide rings is 1. The Morgan fingerprint density at radius 3 is 2.53 bits per heavy atom. The summed E-state index contributed by atoms with van der Waals surface area (Å²) in [5, 5.41) is 0. The van der Waals surface area contributed by atoms with Crippen LogP contribution in [0, 0.1) is 0 Å². The van der Waals surface area contributed by atoms with E-state index in [1.807, 2.05) is 6.08 Å². The Hall–Kier alpha value is -0.340. The van der Waals surface area contributed by atoms with Crippen molar-refractivity contribution in [3.63, 3.8) is 0 Å². The Balaban J connectivity index is 1.94. The molecule has 0 aromatic rings. The molecule has 15 heavy (non-hydrogen) atoms. The summed E-state index contributed by atoms with van der Waals surface area (Å²) in [6, 6.07) is 0. The lowest BCUT2D eigenvalue weighted by Crippen LogP contribution is -2.43. The molecule has 1 aliphatic heterocycles. The second-order valence-corrected chi connectivity index (χ2v) is 5.29. The zero-order valence-electron chi connectivity index (χ0n) is 10.4. The van der Waals surface area contributed by atoms with Gasteiger partial charge in [-0.2, -0.15) is 0 Å². The molecule has 0 amide bonds. The Bertz CT molecular complexity index is 185. The van der Waals surface area contributed by atoms with Crippen molar-refractivity contribution in [2.45, 2.75) is 38.2 Å². The molecule has 1 fully saturated rings. The quantitative estimate of drug-likeness (QED) is 0.248. The van der Waals surface area contributed by atoms with Gasteiger partial charge in [0, 0.05) is 0 Å². The molecule has 0 radical (unpaired) electrons. The van der Waals surface area contributed by atoms with E-state index in [0.29, 0.717) is 6.10 Å². The monoisotopic (exact) mass is 212 g/mol. The molecule has 2 heteroatoms. The lowest BCUT2D eigenvalue weighted by molar-refractivity contribution is -0.891. The van der Waals surface area contributed by atoms with E-state index in [4.69, 9.17) is 4.74 Å². The van der Waals surface area contributed by atoms with Crippen LogP contribution in [0.3, 0.4) is 0 Å². The summed E-state index contributed by atoms with van der Waals surface area (Å²) in [6.45, 7) is 7.20. The van der Waals surface area contributed by atoms with Crippen LogP contribution in [-0.4, -0.2) is 44.4 Å². The second-order valence-electron chi connectivity index (χ2n) is 5.29. The Morgan fingerprint density at radius 2 is 1.93 bits per heavy atom. The van der Waals surface area contributed by atoms with Crippen LogP contribution in [0.15, 0.2) is 12.7 Å². The molecule has 1 heterocycles. The third-order valence-electron chi connectivity index (χ3n) is 3.02. The average Bonchev–Trinajstić information content (AvgIpc) is 2.94. The number of nitrogens with zero attached hydrogens (tertiary/aromatic N) is 1. The van der Waals surface area contributed by atoms with Crippen LogP contribution in [0.5, 0.6) is 0 Å². The summed E-state index contributed by atoms with van der Waals surface area (Å²) in [6.07, 6.45) is 9.12. The number of hydrogen-bond donors (Lipinski definition) is 0. The maximum Gasteiger partial charge on any atom is 0.130 e. The molecule has 0 aliphatic carbocycles. The van der Waals surface area contributed by atoms with Crippen molar-refractivity contribution in [1.29, 1.82) is 0 Å². The summed E-state index contributed by atoms with van der Waals surface area (Å²) in [4.78, 5) is 0. The maximum atomic E-state index is 5.28. The molecule has 1 rings (SSSR count). The highest BCUT2D eigenvalue weighted by Gasteiger charge is 2.30. The molecule has 0 spiro atoms. The maximum absolute atomic E-state index is 5.28. The third kappa shape index (κ3) is 6.69. The van der Waals surface area contributed by atoms with Gasteiger partial charge >= 0.3 is 0 Å². The van der Waals surface area contributed by atoms with Crippen LogP contribution in [0.25, 0.3) is 0 Å². The highest BCUT2D eigenvalue weighted by molar-refractivity contribution is 4.68. The van der Waals surface area contributed by atoms with Crippen molar-refractivity contribution < 1.29 is 9.22 Å². The van der Waals surface area contributed by atoms with Crippen LogP contribution in [-0.2, 0) is 4.74 Å². The first kappa shape index (κ1) is 12.7. The van der Waals surface area contributed by atoms with Crippen LogP contribution in [0.4, 0.5) is 0 Å². The SMILES string of the molecule is C=CCCCCCC[N+](C)(C)CC1CO1. The van der Waals surface area contributed by atoms with Crippen LogP contribution in [0.1, 0.15) is 32.1 Å². The number of unbranched alkanes of at least 4 members (excludes halogenated alkanes) is 4. The smallest absolute Gasteiger partial charge is 0.130 e. The van der Waals surface area contributed by atoms with Crippen LogP contribution < -0.4 is 0 Å². The zero-order valence-corrected chi connectivity index (χ0v) is 10.4. The predicted molar refractivity (Wildman–Crippen MR) is 64.9 cm³/mol. The van der Waals surface area contributed by atoms with Crippen molar-refractivity contribution >= 4 is 0 Å². The third-order valence-corrected chi connectivity index (χ3v) is 3.02. The van der Waals surface area contributed by atoms with E-state index in [1.165, 1.54) is 45.2 Å². The van der Waals surface area contributed by atoms with Gasteiger partial charge in [-0.1, -0.05) is 12.5 Å². The van der Waals surface area contributed by atoms with Crippen molar-refractivity contribution in [2.75, 3.05) is 33.8 Å². The average molecular weight is 212 g/mol. The van der Waals surface area contributed by atoms with Crippen molar-refractivity contribution in [3.05, 3.63) is 12.7 Å². The summed E-state index contributed by atoms with van der Waals surface area (Å²) in [5.74, 6) is 0. The number of rotatable bonds is 9. The molecular weight excluding hydrogens is 186 g/mol. The van der Waals surface area contributed by atoms with Gasteiger partial charge in [0.05, 0.1) is 27.2 Å². The molecule has 0 aromatic heterocycles. The van der Waals surface area contributed by atoms with Gasteiger partial charge in [0.2, 0.25) is 0 Å². The topological polar surface area (TPSA) is 12.5 Å². The highest BCUT2D eigenvalue weighted by Crippen LogP contribution is 2.15. The Kier molecular flexibility index (Phi) is 5.34. The van der Waals surface area contributed by atoms with E-state index in [9.17, 15) is 0 Å².